The average molecular weight is 298 g/mol. The third-order valence-corrected chi connectivity index (χ3v) is 4.63. The Morgan fingerprint density at radius 1 is 1.48 bits per heavy atom. The van der Waals surface area contributed by atoms with Gasteiger partial charge in [-0.25, -0.2) is 0 Å². The summed E-state index contributed by atoms with van der Waals surface area (Å²) in [5.41, 5.74) is -0.656. The standard InChI is InChI=1S/C16H30N2O3/c1-4-6-16(7-5-8-17-11-16)14(20)18-9-13(10-19)21-15(2,3)12-18/h13,17,19H,4-12H2,1-3H3. The fourth-order valence-electron chi connectivity index (χ4n) is 3.83. The normalized spacial score (nSPS) is 33.0. The number of hydrogen-bond acceptors (Lipinski definition) is 4. The molecule has 0 radical (unpaired) electrons. The van der Waals surface area contributed by atoms with Crippen LogP contribution in [0.3, 0.4) is 0 Å². The second-order valence-corrected chi connectivity index (χ2v) is 7.18. The molecule has 2 heterocycles. The molecule has 0 saturated carbocycles. The quantitative estimate of drug-likeness (QED) is 0.817. The lowest BCUT2D eigenvalue weighted by molar-refractivity contribution is -0.175. The van der Waals surface area contributed by atoms with Gasteiger partial charge in [0, 0.05) is 19.6 Å². The molecule has 5 heteroatoms. The number of amides is 1. The molecule has 122 valence electrons. The van der Waals surface area contributed by atoms with E-state index in [2.05, 4.69) is 12.2 Å². The Morgan fingerprint density at radius 3 is 2.81 bits per heavy atom. The summed E-state index contributed by atoms with van der Waals surface area (Å²) in [6.07, 6.45) is 3.70. The van der Waals surface area contributed by atoms with Gasteiger partial charge in [0.2, 0.25) is 5.91 Å². The maximum atomic E-state index is 13.2. The lowest BCUT2D eigenvalue weighted by atomic mass is 9.75. The van der Waals surface area contributed by atoms with Gasteiger partial charge in [0.05, 0.1) is 23.7 Å². The van der Waals surface area contributed by atoms with Crippen LogP contribution in [-0.4, -0.2) is 60.4 Å². The molecule has 2 rings (SSSR count). The van der Waals surface area contributed by atoms with Gasteiger partial charge in [-0.05, 0) is 39.7 Å². The third-order valence-electron chi connectivity index (χ3n) is 4.63. The minimum Gasteiger partial charge on any atom is -0.394 e. The molecule has 2 unspecified atom stereocenters. The third kappa shape index (κ3) is 3.76. The van der Waals surface area contributed by atoms with Gasteiger partial charge in [0.1, 0.15) is 0 Å². The predicted molar refractivity (Wildman–Crippen MR) is 82.1 cm³/mol. The Morgan fingerprint density at radius 2 is 2.24 bits per heavy atom. The number of aliphatic hydroxyl groups excluding tert-OH is 1. The first-order chi connectivity index (χ1) is 9.92. The van der Waals surface area contributed by atoms with E-state index >= 15 is 0 Å². The molecule has 2 atom stereocenters. The molecule has 21 heavy (non-hydrogen) atoms. The SMILES string of the molecule is CCCC1(C(=O)N2CC(CO)OC(C)(C)C2)CCCNC1. The Hall–Kier alpha value is -0.650. The molecule has 1 amide bonds. The van der Waals surface area contributed by atoms with Crippen LogP contribution in [0.25, 0.3) is 0 Å². The second kappa shape index (κ2) is 6.63. The van der Waals surface area contributed by atoms with E-state index in [4.69, 9.17) is 4.74 Å². The molecular weight excluding hydrogens is 268 g/mol. The van der Waals surface area contributed by atoms with Crippen LogP contribution in [0.1, 0.15) is 46.5 Å². The molecule has 2 N–H and O–H groups in total. The molecule has 2 saturated heterocycles. The minimum absolute atomic E-state index is 0.0355. The molecular formula is C16H30N2O3. The number of hydrogen-bond donors (Lipinski definition) is 2. The van der Waals surface area contributed by atoms with Crippen molar-refractivity contribution in [2.45, 2.75) is 58.2 Å². The number of morpholine rings is 1. The van der Waals surface area contributed by atoms with Crippen LogP contribution in [0.5, 0.6) is 0 Å². The zero-order valence-electron chi connectivity index (χ0n) is 13.7. The van der Waals surface area contributed by atoms with Crippen molar-refractivity contribution in [3.63, 3.8) is 0 Å². The van der Waals surface area contributed by atoms with Crippen molar-refractivity contribution in [1.82, 2.24) is 10.2 Å². The number of carbonyl (C=O) groups is 1. The van der Waals surface area contributed by atoms with E-state index < -0.39 is 5.60 Å². The van der Waals surface area contributed by atoms with Gasteiger partial charge >= 0.3 is 0 Å². The van der Waals surface area contributed by atoms with E-state index in [1.165, 1.54) is 0 Å². The van der Waals surface area contributed by atoms with Crippen molar-refractivity contribution in [3.05, 3.63) is 0 Å². The van der Waals surface area contributed by atoms with Gasteiger partial charge in [-0.15, -0.1) is 0 Å². The Labute approximate surface area is 128 Å². The van der Waals surface area contributed by atoms with Gasteiger partial charge in [-0.3, -0.25) is 4.79 Å². The van der Waals surface area contributed by atoms with Crippen LogP contribution < -0.4 is 5.32 Å². The number of piperidine rings is 1. The van der Waals surface area contributed by atoms with Crippen molar-refractivity contribution < 1.29 is 14.6 Å². The number of nitrogens with one attached hydrogen (secondary N) is 1. The summed E-state index contributed by atoms with van der Waals surface area (Å²) >= 11 is 0. The molecule has 0 aliphatic carbocycles. The molecule has 0 aromatic carbocycles. The summed E-state index contributed by atoms with van der Waals surface area (Å²) in [5, 5.41) is 12.8. The van der Waals surface area contributed by atoms with E-state index in [-0.39, 0.29) is 24.0 Å². The zero-order valence-corrected chi connectivity index (χ0v) is 13.7. The van der Waals surface area contributed by atoms with Crippen LogP contribution in [0, 0.1) is 5.41 Å². The van der Waals surface area contributed by atoms with Crippen LogP contribution in [0.4, 0.5) is 0 Å². The second-order valence-electron chi connectivity index (χ2n) is 7.18. The van der Waals surface area contributed by atoms with Crippen molar-refractivity contribution in [2.24, 2.45) is 5.41 Å². The van der Waals surface area contributed by atoms with E-state index in [1.54, 1.807) is 0 Å². The van der Waals surface area contributed by atoms with Crippen LogP contribution in [-0.2, 0) is 9.53 Å². The summed E-state index contributed by atoms with van der Waals surface area (Å²) in [6.45, 7) is 8.98. The molecule has 5 nitrogen and oxygen atoms in total. The summed E-state index contributed by atoms with van der Waals surface area (Å²) in [7, 11) is 0. The number of aliphatic hydroxyl groups is 1. The zero-order chi connectivity index (χ0) is 15.5. The lowest BCUT2D eigenvalue weighted by Gasteiger charge is -2.47. The van der Waals surface area contributed by atoms with Crippen LogP contribution in [0.15, 0.2) is 0 Å². The summed E-state index contributed by atoms with van der Waals surface area (Å²) in [4.78, 5) is 15.1. The summed E-state index contributed by atoms with van der Waals surface area (Å²) in [5.74, 6) is 0.242. The fraction of sp³-hybridized carbons (Fsp3) is 0.938. The highest BCUT2D eigenvalue weighted by Crippen LogP contribution is 2.35. The number of carbonyl (C=O) groups excluding carboxylic acids is 1. The topological polar surface area (TPSA) is 61.8 Å². The molecule has 2 aliphatic rings. The summed E-state index contributed by atoms with van der Waals surface area (Å²) in [6, 6.07) is 0. The van der Waals surface area contributed by atoms with Gasteiger partial charge in [-0.1, -0.05) is 13.3 Å². The first kappa shape index (κ1) is 16.7. The number of nitrogens with zero attached hydrogens (tertiary/aromatic N) is 1. The maximum Gasteiger partial charge on any atom is 0.230 e. The smallest absolute Gasteiger partial charge is 0.230 e. The van der Waals surface area contributed by atoms with E-state index in [0.717, 1.165) is 38.8 Å². The average Bonchev–Trinajstić information content (AvgIpc) is 2.46. The van der Waals surface area contributed by atoms with Crippen LogP contribution >= 0.6 is 0 Å². The summed E-state index contributed by atoms with van der Waals surface area (Å²) < 4.78 is 5.82. The monoisotopic (exact) mass is 298 g/mol. The molecule has 0 bridgehead atoms. The molecule has 0 spiro atoms. The van der Waals surface area contributed by atoms with Crippen molar-refractivity contribution in [2.75, 3.05) is 32.8 Å². The van der Waals surface area contributed by atoms with Crippen molar-refractivity contribution in [3.8, 4) is 0 Å². The minimum atomic E-state index is -0.392. The van der Waals surface area contributed by atoms with E-state index in [1.807, 2.05) is 18.7 Å². The number of ether oxygens (including phenoxy) is 1. The molecule has 0 aromatic rings. The van der Waals surface area contributed by atoms with Crippen LogP contribution in [0.2, 0.25) is 0 Å². The Bertz CT molecular complexity index is 359. The maximum absolute atomic E-state index is 13.2. The fourth-order valence-corrected chi connectivity index (χ4v) is 3.83. The van der Waals surface area contributed by atoms with Gasteiger partial charge in [-0.2, -0.15) is 0 Å². The van der Waals surface area contributed by atoms with Crippen molar-refractivity contribution in [1.29, 1.82) is 0 Å². The van der Waals surface area contributed by atoms with E-state index in [9.17, 15) is 9.90 Å². The van der Waals surface area contributed by atoms with Gasteiger partial charge < -0.3 is 20.1 Å². The Balaban J connectivity index is 2.15. The lowest BCUT2D eigenvalue weighted by Crippen LogP contribution is -2.60. The van der Waals surface area contributed by atoms with Gasteiger partial charge in [0.15, 0.2) is 0 Å². The van der Waals surface area contributed by atoms with E-state index in [0.29, 0.717) is 13.1 Å². The van der Waals surface area contributed by atoms with Crippen molar-refractivity contribution >= 4 is 5.91 Å². The van der Waals surface area contributed by atoms with Gasteiger partial charge in [0.25, 0.3) is 0 Å². The highest BCUT2D eigenvalue weighted by atomic mass is 16.5. The highest BCUT2D eigenvalue weighted by molar-refractivity contribution is 5.83. The first-order valence-corrected chi connectivity index (χ1v) is 8.21. The molecule has 2 fully saturated rings. The molecule has 2 aliphatic heterocycles. The number of rotatable bonds is 4. The highest BCUT2D eigenvalue weighted by Gasteiger charge is 2.45. The first-order valence-electron chi connectivity index (χ1n) is 8.21. The Kier molecular flexibility index (Phi) is 5.28. The molecule has 0 aromatic heterocycles. The predicted octanol–water partition coefficient (Wildman–Crippen LogP) is 1.15. The largest absolute Gasteiger partial charge is 0.394 e.